The zero-order chi connectivity index (χ0) is 28.2. The molecule has 3 rings (SSSR count). The number of thiazole rings is 1. The highest BCUT2D eigenvalue weighted by molar-refractivity contribution is 7.14. The number of aliphatic carboxylic acids is 1. The molecule has 0 aliphatic rings. The van der Waals surface area contributed by atoms with Gasteiger partial charge in [-0.3, -0.25) is 10.1 Å². The molecule has 202 valence electrons. The third-order valence-electron chi connectivity index (χ3n) is 5.58. The maximum Gasteiger partial charge on any atom is 0.331 e. The van der Waals surface area contributed by atoms with E-state index in [1.54, 1.807) is 23.6 Å². The minimum atomic E-state index is -1.11. The van der Waals surface area contributed by atoms with Gasteiger partial charge in [-0.15, -0.1) is 11.3 Å². The number of amides is 1. The predicted molar refractivity (Wildman–Crippen MR) is 152 cm³/mol. The van der Waals surface area contributed by atoms with E-state index in [0.717, 1.165) is 11.3 Å². The van der Waals surface area contributed by atoms with Crippen molar-refractivity contribution in [3.63, 3.8) is 0 Å². The molecule has 1 atom stereocenters. The van der Waals surface area contributed by atoms with Gasteiger partial charge in [0.15, 0.2) is 5.13 Å². The van der Waals surface area contributed by atoms with Gasteiger partial charge >= 0.3 is 5.97 Å². The normalized spacial score (nSPS) is 12.9. The molecule has 0 bridgehead atoms. The fourth-order valence-electron chi connectivity index (χ4n) is 3.77. The Hall–Kier alpha value is -2.78. The van der Waals surface area contributed by atoms with Gasteiger partial charge in [-0.1, -0.05) is 56.1 Å². The number of carboxylic acids is 1. The number of nitrogens with one attached hydrogen (secondary N) is 1. The Balaban J connectivity index is 1.84. The van der Waals surface area contributed by atoms with Gasteiger partial charge in [-0.05, 0) is 50.0 Å². The van der Waals surface area contributed by atoms with Crippen molar-refractivity contribution >= 4 is 57.6 Å². The van der Waals surface area contributed by atoms with E-state index in [-0.39, 0.29) is 31.7 Å². The highest BCUT2D eigenvalue weighted by atomic mass is 35.5. The first-order chi connectivity index (χ1) is 17.8. The van der Waals surface area contributed by atoms with Crippen LogP contribution in [-0.2, 0) is 9.53 Å². The average Bonchev–Trinajstić information content (AvgIpc) is 3.28. The monoisotopic (exact) mass is 578 g/mol. The molecule has 0 saturated carbocycles. The average molecular weight is 580 g/mol. The van der Waals surface area contributed by atoms with Gasteiger partial charge in [0.1, 0.15) is 5.82 Å². The molecule has 0 aliphatic heterocycles. The Morgan fingerprint density at radius 2 is 1.89 bits per heavy atom. The third-order valence-corrected chi connectivity index (χ3v) is 6.96. The molecule has 1 amide bonds. The van der Waals surface area contributed by atoms with E-state index in [4.69, 9.17) is 33.0 Å². The van der Waals surface area contributed by atoms with Gasteiger partial charge < -0.3 is 9.84 Å². The van der Waals surface area contributed by atoms with Crippen molar-refractivity contribution in [2.75, 3.05) is 11.9 Å². The molecule has 0 fully saturated rings. The van der Waals surface area contributed by atoms with Crippen LogP contribution in [0, 0.1) is 11.2 Å². The van der Waals surface area contributed by atoms with Crippen LogP contribution in [-0.4, -0.2) is 28.6 Å². The van der Waals surface area contributed by atoms with Gasteiger partial charge in [0.25, 0.3) is 5.91 Å². The Bertz CT molecular complexity index is 1360. The van der Waals surface area contributed by atoms with Gasteiger partial charge in [-0.25, -0.2) is 14.2 Å². The first-order valence-corrected chi connectivity index (χ1v) is 13.5. The number of halogens is 3. The lowest BCUT2D eigenvalue weighted by molar-refractivity contribution is -0.132. The van der Waals surface area contributed by atoms with Crippen LogP contribution in [0.4, 0.5) is 9.52 Å². The van der Waals surface area contributed by atoms with Crippen LogP contribution in [0.1, 0.15) is 68.6 Å². The lowest BCUT2D eigenvalue weighted by atomic mass is 9.86. The molecule has 10 heteroatoms. The summed E-state index contributed by atoms with van der Waals surface area (Å²) in [7, 11) is 0. The number of hydrogen-bond acceptors (Lipinski definition) is 5. The van der Waals surface area contributed by atoms with Crippen LogP contribution in [0.15, 0.2) is 41.3 Å². The fourth-order valence-corrected chi connectivity index (χ4v) is 5.07. The van der Waals surface area contributed by atoms with Crippen molar-refractivity contribution < 1.29 is 23.8 Å². The van der Waals surface area contributed by atoms with E-state index in [9.17, 15) is 9.59 Å². The van der Waals surface area contributed by atoms with Crippen LogP contribution >= 0.6 is 34.5 Å². The second-order valence-electron chi connectivity index (χ2n) is 9.90. The van der Waals surface area contributed by atoms with Crippen LogP contribution in [0.3, 0.4) is 0 Å². The van der Waals surface area contributed by atoms with Crippen molar-refractivity contribution in [1.29, 1.82) is 0 Å². The topological polar surface area (TPSA) is 88.5 Å². The summed E-state index contributed by atoms with van der Waals surface area (Å²) in [6.45, 7) is 10.00. The Labute approximate surface area is 235 Å². The molecule has 1 unspecified atom stereocenters. The number of carbonyl (C=O) groups is 2. The van der Waals surface area contributed by atoms with E-state index in [1.807, 2.05) is 6.92 Å². The zero-order valence-corrected chi connectivity index (χ0v) is 24.0. The Morgan fingerprint density at radius 1 is 1.24 bits per heavy atom. The van der Waals surface area contributed by atoms with Crippen LogP contribution in [0.25, 0.3) is 17.3 Å². The van der Waals surface area contributed by atoms with E-state index in [1.165, 1.54) is 25.1 Å². The summed E-state index contributed by atoms with van der Waals surface area (Å²) in [4.78, 5) is 28.4. The Kier molecular flexibility index (Phi) is 9.70. The maximum absolute atomic E-state index is 15.6. The minimum absolute atomic E-state index is 0.0450. The Morgan fingerprint density at radius 3 is 2.47 bits per heavy atom. The van der Waals surface area contributed by atoms with Crippen LogP contribution in [0.5, 0.6) is 0 Å². The summed E-state index contributed by atoms with van der Waals surface area (Å²) < 4.78 is 21.5. The minimum Gasteiger partial charge on any atom is -0.478 e. The second-order valence-corrected chi connectivity index (χ2v) is 11.6. The zero-order valence-electron chi connectivity index (χ0n) is 21.7. The number of nitrogens with zero attached hydrogens (tertiary/aromatic N) is 1. The molecule has 38 heavy (non-hydrogen) atoms. The molecule has 1 heterocycles. The fraction of sp³-hybridized carbons (Fsp3) is 0.321. The van der Waals surface area contributed by atoms with E-state index >= 15 is 4.39 Å². The number of rotatable bonds is 9. The largest absolute Gasteiger partial charge is 0.478 e. The lowest BCUT2D eigenvalue weighted by Gasteiger charge is -2.26. The second kappa shape index (κ2) is 12.4. The van der Waals surface area contributed by atoms with Crippen LogP contribution in [0.2, 0.25) is 10.0 Å². The molecule has 0 aliphatic carbocycles. The number of carboxylic acid groups (broad SMARTS) is 1. The van der Waals surface area contributed by atoms with E-state index in [0.29, 0.717) is 35.4 Å². The summed E-state index contributed by atoms with van der Waals surface area (Å²) in [6, 6.07) is 7.93. The molecule has 6 nitrogen and oxygen atoms in total. The predicted octanol–water partition coefficient (Wildman–Crippen LogP) is 8.51. The molecule has 3 aromatic rings. The van der Waals surface area contributed by atoms with Gasteiger partial charge in [-0.2, -0.15) is 0 Å². The molecule has 0 spiro atoms. The summed E-state index contributed by atoms with van der Waals surface area (Å²) in [5, 5.41) is 14.0. The molecule has 0 radical (unpaired) electrons. The van der Waals surface area contributed by atoms with Crippen molar-refractivity contribution in [1.82, 2.24) is 4.98 Å². The highest BCUT2D eigenvalue weighted by Gasteiger charge is 2.25. The van der Waals surface area contributed by atoms with Gasteiger partial charge in [0, 0.05) is 39.8 Å². The maximum atomic E-state index is 15.6. The number of carbonyl (C=O) groups excluding carboxylic acids is 1. The van der Waals surface area contributed by atoms with Gasteiger partial charge in [0.2, 0.25) is 0 Å². The van der Waals surface area contributed by atoms with Crippen molar-refractivity contribution in [3.8, 4) is 11.3 Å². The van der Waals surface area contributed by atoms with E-state index in [2.05, 4.69) is 31.1 Å². The highest BCUT2D eigenvalue weighted by Crippen LogP contribution is 2.37. The molecule has 0 saturated heterocycles. The number of anilines is 1. The lowest BCUT2D eigenvalue weighted by Crippen LogP contribution is -2.16. The third kappa shape index (κ3) is 7.41. The molecule has 2 aromatic carbocycles. The summed E-state index contributed by atoms with van der Waals surface area (Å²) in [6.07, 6.45) is 1.58. The van der Waals surface area contributed by atoms with E-state index < -0.39 is 23.8 Å². The number of benzene rings is 2. The number of hydrogen-bond donors (Lipinski definition) is 2. The first-order valence-electron chi connectivity index (χ1n) is 11.9. The first kappa shape index (κ1) is 29.8. The van der Waals surface area contributed by atoms with Crippen LogP contribution < -0.4 is 5.32 Å². The summed E-state index contributed by atoms with van der Waals surface area (Å²) in [5.74, 6) is -2.03. The SMILES string of the molecule is CCOC(CC(C)(C)C)c1cccc(-c2csc(NC(=O)c3cc(Cl)c(C=C(C)C(=O)O)c(Cl)c3)n2)c1F. The number of ether oxygens (including phenoxy) is 1. The van der Waals surface area contributed by atoms with Crippen molar-refractivity contribution in [2.45, 2.75) is 47.1 Å². The smallest absolute Gasteiger partial charge is 0.331 e. The summed E-state index contributed by atoms with van der Waals surface area (Å²) >= 11 is 13.7. The molecule has 1 aromatic heterocycles. The number of aromatic nitrogens is 1. The molecule has 2 N–H and O–H groups in total. The van der Waals surface area contributed by atoms with Gasteiger partial charge in [0.05, 0.1) is 21.8 Å². The summed E-state index contributed by atoms with van der Waals surface area (Å²) in [5.41, 5.74) is 1.61. The van der Waals surface area contributed by atoms with Crippen molar-refractivity contribution in [2.24, 2.45) is 5.41 Å². The molecular weight excluding hydrogens is 550 g/mol. The quantitative estimate of drug-likeness (QED) is 0.248. The van der Waals surface area contributed by atoms with Crippen molar-refractivity contribution in [3.05, 3.63) is 73.8 Å². The molecular formula is C28H29Cl2FN2O4S. The standard InChI is InChI=1S/C28H29Cl2FN2O4S/c1-6-37-23(13-28(3,4)5)18-9-7-8-17(24(18)31)22-14-38-27(32-22)33-25(34)16-11-20(29)19(21(30)12-16)10-15(2)26(35)36/h7-12,14,23H,6,13H2,1-5H3,(H,35,36)(H,32,33,34).